The predicted octanol–water partition coefficient (Wildman–Crippen LogP) is 2.38. The summed E-state index contributed by atoms with van der Waals surface area (Å²) in [7, 11) is 0. The molecule has 3 rings (SSSR count). The maximum Gasteiger partial charge on any atom is 0.220 e. The van der Waals surface area contributed by atoms with Crippen LogP contribution in [0.5, 0.6) is 0 Å². The van der Waals surface area contributed by atoms with E-state index in [0.29, 0.717) is 19.4 Å². The first-order valence-corrected chi connectivity index (χ1v) is 10.4. The largest absolute Gasteiger partial charge is 0.349 e. The van der Waals surface area contributed by atoms with E-state index < -0.39 is 0 Å². The number of aromatic nitrogens is 5. The third-order valence-electron chi connectivity index (χ3n) is 4.81. The zero-order valence-electron chi connectivity index (χ0n) is 15.7. The van der Waals surface area contributed by atoms with Gasteiger partial charge in [-0.3, -0.25) is 4.79 Å². The molecule has 26 heavy (non-hydrogen) atoms. The van der Waals surface area contributed by atoms with E-state index in [9.17, 15) is 4.79 Å². The summed E-state index contributed by atoms with van der Waals surface area (Å²) in [5, 5.41) is 12.3. The van der Waals surface area contributed by atoms with Crippen molar-refractivity contribution in [2.24, 2.45) is 0 Å². The number of carbonyl (C=O) groups excluding carboxylic acids is 1. The van der Waals surface area contributed by atoms with Crippen LogP contribution < -0.4 is 5.32 Å². The minimum Gasteiger partial charge on any atom is -0.349 e. The highest BCUT2D eigenvalue weighted by atomic mass is 32.2. The molecule has 3 heterocycles. The average molecular weight is 375 g/mol. The Bertz CT molecular complexity index is 765. The highest BCUT2D eigenvalue weighted by Crippen LogP contribution is 2.17. The van der Waals surface area contributed by atoms with Crippen molar-refractivity contribution in [3.63, 3.8) is 0 Å². The van der Waals surface area contributed by atoms with Crippen molar-refractivity contribution in [3.8, 4) is 0 Å². The van der Waals surface area contributed by atoms with Gasteiger partial charge >= 0.3 is 0 Å². The van der Waals surface area contributed by atoms with Gasteiger partial charge in [0.1, 0.15) is 5.82 Å². The Morgan fingerprint density at radius 2 is 1.92 bits per heavy atom. The van der Waals surface area contributed by atoms with Crippen LogP contribution >= 0.6 is 11.8 Å². The Hall–Kier alpha value is -1.96. The van der Waals surface area contributed by atoms with Crippen LogP contribution in [0.4, 0.5) is 0 Å². The highest BCUT2D eigenvalue weighted by Gasteiger charge is 2.15. The number of nitrogens with one attached hydrogen (secondary N) is 1. The summed E-state index contributed by atoms with van der Waals surface area (Å²) in [6.07, 6.45) is 7.56. The van der Waals surface area contributed by atoms with Crippen LogP contribution in [-0.4, -0.2) is 36.9 Å². The molecule has 0 aromatic carbocycles. The van der Waals surface area contributed by atoms with Crippen LogP contribution in [0.1, 0.15) is 54.3 Å². The van der Waals surface area contributed by atoms with Crippen molar-refractivity contribution < 1.29 is 4.79 Å². The van der Waals surface area contributed by atoms with Gasteiger partial charge in [0.2, 0.25) is 5.91 Å². The van der Waals surface area contributed by atoms with Crippen molar-refractivity contribution in [3.05, 3.63) is 28.6 Å². The summed E-state index contributed by atoms with van der Waals surface area (Å²) in [5.41, 5.74) is 2.98. The molecule has 7 nitrogen and oxygen atoms in total. The van der Waals surface area contributed by atoms with Crippen LogP contribution in [0.2, 0.25) is 0 Å². The first-order chi connectivity index (χ1) is 12.6. The molecule has 0 unspecified atom stereocenters. The van der Waals surface area contributed by atoms with E-state index in [1.165, 1.54) is 24.6 Å². The molecule has 0 saturated carbocycles. The number of carbonyl (C=O) groups is 1. The smallest absolute Gasteiger partial charge is 0.220 e. The molecule has 2 aromatic rings. The molecular weight excluding hydrogens is 348 g/mol. The molecule has 1 aliphatic heterocycles. The lowest BCUT2D eigenvalue weighted by Crippen LogP contribution is -2.25. The fourth-order valence-electron chi connectivity index (χ4n) is 3.34. The Balaban J connectivity index is 1.55. The lowest BCUT2D eigenvalue weighted by atomic mass is 10.1. The summed E-state index contributed by atoms with van der Waals surface area (Å²) in [4.78, 5) is 21.2. The summed E-state index contributed by atoms with van der Waals surface area (Å²) in [6, 6.07) is 0. The Kier molecular flexibility index (Phi) is 6.24. The van der Waals surface area contributed by atoms with E-state index in [-0.39, 0.29) is 5.91 Å². The molecule has 0 bridgehead atoms. The molecule has 8 heteroatoms. The molecule has 0 radical (unpaired) electrons. The quantitative estimate of drug-likeness (QED) is 0.617. The van der Waals surface area contributed by atoms with Crippen molar-refractivity contribution >= 4 is 17.7 Å². The van der Waals surface area contributed by atoms with Gasteiger partial charge in [0.05, 0.1) is 6.54 Å². The number of amides is 1. The molecule has 1 amide bonds. The van der Waals surface area contributed by atoms with Gasteiger partial charge in [0.25, 0.3) is 0 Å². The van der Waals surface area contributed by atoms with Crippen molar-refractivity contribution in [1.82, 2.24) is 30.0 Å². The number of hydrogen-bond donors (Lipinski definition) is 1. The topological polar surface area (TPSA) is 85.6 Å². The number of aryl methyl sites for hydroxylation is 3. The molecule has 0 spiro atoms. The molecule has 2 aromatic heterocycles. The lowest BCUT2D eigenvalue weighted by molar-refractivity contribution is -0.121. The summed E-state index contributed by atoms with van der Waals surface area (Å²) < 4.78 is 2.16. The standard InChI is InChI=1S/C18H26N6OS/c1-12-14(13(2)21-18(20-12)26-3)8-9-17(25)19-11-16-23-22-15-7-5-4-6-10-24(15)16/h4-11H2,1-3H3,(H,19,25). The minimum atomic E-state index is 0.0173. The number of rotatable bonds is 6. The van der Waals surface area contributed by atoms with Crippen LogP contribution in [0, 0.1) is 13.8 Å². The summed E-state index contributed by atoms with van der Waals surface area (Å²) in [5.74, 6) is 1.92. The Morgan fingerprint density at radius 1 is 1.15 bits per heavy atom. The monoisotopic (exact) mass is 374 g/mol. The predicted molar refractivity (Wildman–Crippen MR) is 101 cm³/mol. The van der Waals surface area contributed by atoms with Gasteiger partial charge in [0.15, 0.2) is 11.0 Å². The van der Waals surface area contributed by atoms with Gasteiger partial charge in [-0.2, -0.15) is 0 Å². The van der Waals surface area contributed by atoms with E-state index >= 15 is 0 Å². The van der Waals surface area contributed by atoms with E-state index in [0.717, 1.165) is 53.1 Å². The van der Waals surface area contributed by atoms with Gasteiger partial charge < -0.3 is 9.88 Å². The maximum absolute atomic E-state index is 12.3. The molecule has 140 valence electrons. The SMILES string of the molecule is CSc1nc(C)c(CCC(=O)NCc2nnc3n2CCCCC3)c(C)n1. The molecule has 0 atom stereocenters. The number of thioether (sulfide) groups is 1. The minimum absolute atomic E-state index is 0.0173. The second-order valence-electron chi connectivity index (χ2n) is 6.63. The van der Waals surface area contributed by atoms with E-state index in [1.54, 1.807) is 0 Å². The van der Waals surface area contributed by atoms with E-state index in [1.807, 2.05) is 20.1 Å². The Morgan fingerprint density at radius 3 is 2.65 bits per heavy atom. The molecular formula is C18H26N6OS. The maximum atomic E-state index is 12.3. The fourth-order valence-corrected chi connectivity index (χ4v) is 3.80. The third kappa shape index (κ3) is 4.41. The first-order valence-electron chi connectivity index (χ1n) is 9.14. The van der Waals surface area contributed by atoms with Crippen molar-refractivity contribution in [2.45, 2.75) is 70.6 Å². The number of fused-ring (bicyclic) bond motifs is 1. The zero-order chi connectivity index (χ0) is 18.5. The number of hydrogen-bond acceptors (Lipinski definition) is 6. The van der Waals surface area contributed by atoms with Crippen LogP contribution in [-0.2, 0) is 30.7 Å². The molecule has 1 N–H and O–H groups in total. The van der Waals surface area contributed by atoms with Crippen molar-refractivity contribution in [2.75, 3.05) is 6.26 Å². The Labute approximate surface area is 158 Å². The molecule has 1 aliphatic rings. The second kappa shape index (κ2) is 8.62. The van der Waals surface area contributed by atoms with Gasteiger partial charge in [0, 0.05) is 30.8 Å². The second-order valence-corrected chi connectivity index (χ2v) is 7.40. The zero-order valence-corrected chi connectivity index (χ0v) is 16.5. The fraction of sp³-hybridized carbons (Fsp3) is 0.611. The highest BCUT2D eigenvalue weighted by molar-refractivity contribution is 7.98. The first kappa shape index (κ1) is 18.8. The number of nitrogens with zero attached hydrogens (tertiary/aromatic N) is 5. The van der Waals surface area contributed by atoms with E-state index in [4.69, 9.17) is 0 Å². The average Bonchev–Trinajstić information content (AvgIpc) is 2.85. The van der Waals surface area contributed by atoms with Crippen LogP contribution in [0.15, 0.2) is 5.16 Å². The van der Waals surface area contributed by atoms with Crippen molar-refractivity contribution in [1.29, 1.82) is 0 Å². The molecule has 0 aliphatic carbocycles. The normalized spacial score (nSPS) is 14.0. The van der Waals surface area contributed by atoms with Gasteiger partial charge in [-0.05, 0) is 44.9 Å². The summed E-state index contributed by atoms with van der Waals surface area (Å²) >= 11 is 1.53. The van der Waals surface area contributed by atoms with Crippen LogP contribution in [0.25, 0.3) is 0 Å². The molecule has 0 fully saturated rings. The third-order valence-corrected chi connectivity index (χ3v) is 5.36. The van der Waals surface area contributed by atoms with Gasteiger partial charge in [-0.1, -0.05) is 18.2 Å². The van der Waals surface area contributed by atoms with E-state index in [2.05, 4.69) is 30.0 Å². The lowest BCUT2D eigenvalue weighted by Gasteiger charge is -2.11. The van der Waals surface area contributed by atoms with Gasteiger partial charge in [-0.25, -0.2) is 9.97 Å². The van der Waals surface area contributed by atoms with Gasteiger partial charge in [-0.15, -0.1) is 10.2 Å². The summed E-state index contributed by atoms with van der Waals surface area (Å²) in [6.45, 7) is 5.34. The molecule has 0 saturated heterocycles. The van der Waals surface area contributed by atoms with Crippen LogP contribution in [0.3, 0.4) is 0 Å².